The Balaban J connectivity index is 1.70. The van der Waals surface area contributed by atoms with Crippen LogP contribution in [0.25, 0.3) is 0 Å². The summed E-state index contributed by atoms with van der Waals surface area (Å²) in [6, 6.07) is 5.87. The van der Waals surface area contributed by atoms with Gasteiger partial charge in [-0.25, -0.2) is 0 Å². The first-order valence-electron chi connectivity index (χ1n) is 10.4. The zero-order valence-electron chi connectivity index (χ0n) is 17.7. The van der Waals surface area contributed by atoms with Crippen molar-refractivity contribution in [3.8, 4) is 11.5 Å². The number of benzene rings is 1. The van der Waals surface area contributed by atoms with E-state index in [-0.39, 0.29) is 17.4 Å². The lowest BCUT2D eigenvalue weighted by molar-refractivity contribution is -0.133. The summed E-state index contributed by atoms with van der Waals surface area (Å²) in [6.07, 6.45) is 5.11. The molecule has 1 aromatic carbocycles. The number of amides is 1. The number of methoxy groups -OCH3 is 1. The van der Waals surface area contributed by atoms with Crippen molar-refractivity contribution in [1.29, 1.82) is 0 Å². The molecule has 0 saturated carbocycles. The number of rotatable bonds is 11. The van der Waals surface area contributed by atoms with Gasteiger partial charge in [0, 0.05) is 31.5 Å². The van der Waals surface area contributed by atoms with Gasteiger partial charge in [0.25, 0.3) is 0 Å². The molecule has 3 rings (SSSR count). The molecule has 0 aliphatic carbocycles. The maximum atomic E-state index is 12.8. The highest BCUT2D eigenvalue weighted by atomic mass is 16.5. The molecule has 1 aromatic rings. The third-order valence-electron chi connectivity index (χ3n) is 5.44. The van der Waals surface area contributed by atoms with Crippen LogP contribution in [0.15, 0.2) is 30.9 Å². The first kappa shape index (κ1) is 21.7. The molecular weight excluding hydrogens is 370 g/mol. The van der Waals surface area contributed by atoms with Crippen LogP contribution in [0, 0.1) is 5.41 Å². The molecule has 0 N–H and O–H groups in total. The number of nitrogens with zero attached hydrogens (tertiary/aromatic N) is 1. The van der Waals surface area contributed by atoms with Crippen LogP contribution in [0.5, 0.6) is 11.5 Å². The molecule has 29 heavy (non-hydrogen) atoms. The fraction of sp³-hybridized carbons (Fsp3) is 0.609. The van der Waals surface area contributed by atoms with Crippen molar-refractivity contribution in [3.05, 3.63) is 36.4 Å². The van der Waals surface area contributed by atoms with Crippen molar-refractivity contribution < 1.29 is 23.7 Å². The van der Waals surface area contributed by atoms with E-state index < -0.39 is 0 Å². The van der Waals surface area contributed by atoms with E-state index in [4.69, 9.17) is 18.9 Å². The predicted octanol–water partition coefficient (Wildman–Crippen LogP) is 3.58. The maximum absolute atomic E-state index is 12.8. The summed E-state index contributed by atoms with van der Waals surface area (Å²) in [5.41, 5.74) is 1.06. The molecule has 2 aliphatic rings. The average molecular weight is 404 g/mol. The minimum Gasteiger partial charge on any atom is -0.493 e. The average Bonchev–Trinajstić information content (AvgIpc) is 3.21. The van der Waals surface area contributed by atoms with Gasteiger partial charge in [0.15, 0.2) is 11.5 Å². The lowest BCUT2D eigenvalue weighted by Crippen LogP contribution is -2.44. The van der Waals surface area contributed by atoms with Crippen LogP contribution in [-0.2, 0) is 20.8 Å². The van der Waals surface area contributed by atoms with Crippen LogP contribution in [0.3, 0.4) is 0 Å². The summed E-state index contributed by atoms with van der Waals surface area (Å²) in [7, 11) is 1.64. The smallest absolute Gasteiger partial charge is 0.223 e. The van der Waals surface area contributed by atoms with E-state index in [0.29, 0.717) is 57.3 Å². The molecule has 0 aromatic heterocycles. The predicted molar refractivity (Wildman–Crippen MR) is 111 cm³/mol. The fourth-order valence-electron chi connectivity index (χ4n) is 3.61. The normalized spacial score (nSPS) is 20.0. The molecule has 1 unspecified atom stereocenters. The fourth-order valence-corrected chi connectivity index (χ4v) is 3.61. The van der Waals surface area contributed by atoms with Crippen molar-refractivity contribution in [2.45, 2.75) is 45.3 Å². The standard InChI is InChI=1S/C23H33NO5/c1-4-5-8-22(25)24(14-19-7-6-11-28-19)13-18-9-10-20(26-3)21(12-18)29-17-23(2)15-27-16-23/h4,9-10,12,19H,1,5-8,11,13-17H2,2-3H3. The van der Waals surface area contributed by atoms with Crippen LogP contribution in [0.4, 0.5) is 0 Å². The Morgan fingerprint density at radius 3 is 2.83 bits per heavy atom. The van der Waals surface area contributed by atoms with Crippen LogP contribution in [-0.4, -0.2) is 57.0 Å². The van der Waals surface area contributed by atoms with E-state index in [9.17, 15) is 4.79 Å². The molecule has 2 heterocycles. The van der Waals surface area contributed by atoms with Crippen molar-refractivity contribution in [2.24, 2.45) is 5.41 Å². The SMILES string of the molecule is C=CCCC(=O)N(Cc1ccc(OC)c(OCC2(C)COC2)c1)CC1CCCO1. The van der Waals surface area contributed by atoms with Gasteiger partial charge in [-0.05, 0) is 37.0 Å². The summed E-state index contributed by atoms with van der Waals surface area (Å²) in [4.78, 5) is 14.7. The number of hydrogen-bond acceptors (Lipinski definition) is 5. The summed E-state index contributed by atoms with van der Waals surface area (Å²) in [5, 5.41) is 0. The minimum absolute atomic E-state index is 0.0491. The first-order valence-corrected chi connectivity index (χ1v) is 10.4. The molecule has 6 heteroatoms. The zero-order valence-corrected chi connectivity index (χ0v) is 17.7. The second-order valence-electron chi connectivity index (χ2n) is 8.31. The monoisotopic (exact) mass is 403 g/mol. The molecule has 6 nitrogen and oxygen atoms in total. The second-order valence-corrected chi connectivity index (χ2v) is 8.31. The van der Waals surface area contributed by atoms with Gasteiger partial charge in [-0.3, -0.25) is 4.79 Å². The van der Waals surface area contributed by atoms with Crippen LogP contribution in [0.2, 0.25) is 0 Å². The summed E-state index contributed by atoms with van der Waals surface area (Å²) >= 11 is 0. The molecular formula is C23H33NO5. The first-order chi connectivity index (χ1) is 14.0. The van der Waals surface area contributed by atoms with Gasteiger partial charge in [0.05, 0.1) is 33.0 Å². The largest absolute Gasteiger partial charge is 0.493 e. The van der Waals surface area contributed by atoms with Gasteiger partial charge >= 0.3 is 0 Å². The number of carbonyl (C=O) groups excluding carboxylic acids is 1. The highest BCUT2D eigenvalue weighted by Crippen LogP contribution is 2.33. The van der Waals surface area contributed by atoms with Crippen molar-refractivity contribution in [1.82, 2.24) is 4.90 Å². The van der Waals surface area contributed by atoms with E-state index in [2.05, 4.69) is 13.5 Å². The van der Waals surface area contributed by atoms with E-state index in [0.717, 1.165) is 25.0 Å². The third kappa shape index (κ3) is 5.97. The van der Waals surface area contributed by atoms with Gasteiger partial charge in [-0.1, -0.05) is 19.1 Å². The lowest BCUT2D eigenvalue weighted by atomic mass is 9.90. The Hall–Kier alpha value is -2.05. The molecule has 0 bridgehead atoms. The molecule has 2 saturated heterocycles. The maximum Gasteiger partial charge on any atom is 0.223 e. The summed E-state index contributed by atoms with van der Waals surface area (Å²) in [6.45, 7) is 9.79. The number of ether oxygens (including phenoxy) is 4. The topological polar surface area (TPSA) is 57.2 Å². The molecule has 0 radical (unpaired) electrons. The molecule has 2 aliphatic heterocycles. The van der Waals surface area contributed by atoms with Crippen LogP contribution in [0.1, 0.15) is 38.2 Å². The van der Waals surface area contributed by atoms with Gasteiger partial charge in [0.2, 0.25) is 5.91 Å². The zero-order chi connectivity index (χ0) is 20.7. The minimum atomic E-state index is 0.0491. The van der Waals surface area contributed by atoms with Gasteiger partial charge in [-0.15, -0.1) is 6.58 Å². The summed E-state index contributed by atoms with van der Waals surface area (Å²) in [5.74, 6) is 1.52. The Labute approximate surface area is 173 Å². The van der Waals surface area contributed by atoms with E-state index in [1.54, 1.807) is 13.2 Å². The molecule has 160 valence electrons. The van der Waals surface area contributed by atoms with Crippen molar-refractivity contribution >= 4 is 5.91 Å². The number of carbonyl (C=O) groups is 1. The number of hydrogen-bond donors (Lipinski definition) is 0. The Bertz CT molecular complexity index is 695. The molecule has 1 atom stereocenters. The van der Waals surface area contributed by atoms with Crippen LogP contribution < -0.4 is 9.47 Å². The highest BCUT2D eigenvalue weighted by Gasteiger charge is 2.34. The molecule has 1 amide bonds. The Morgan fingerprint density at radius 1 is 1.38 bits per heavy atom. The second kappa shape index (κ2) is 10.1. The number of allylic oxidation sites excluding steroid dienone is 1. The van der Waals surface area contributed by atoms with E-state index in [1.165, 1.54) is 0 Å². The molecule has 2 fully saturated rings. The van der Waals surface area contributed by atoms with Gasteiger partial charge in [-0.2, -0.15) is 0 Å². The lowest BCUT2D eigenvalue weighted by Gasteiger charge is -2.37. The molecule has 0 spiro atoms. The van der Waals surface area contributed by atoms with E-state index >= 15 is 0 Å². The van der Waals surface area contributed by atoms with Gasteiger partial charge < -0.3 is 23.8 Å². The Kier molecular flexibility index (Phi) is 7.56. The van der Waals surface area contributed by atoms with Crippen molar-refractivity contribution in [3.63, 3.8) is 0 Å². The highest BCUT2D eigenvalue weighted by molar-refractivity contribution is 5.76. The Morgan fingerprint density at radius 2 is 2.21 bits per heavy atom. The van der Waals surface area contributed by atoms with Crippen molar-refractivity contribution in [2.75, 3.05) is 40.1 Å². The summed E-state index contributed by atoms with van der Waals surface area (Å²) < 4.78 is 22.6. The van der Waals surface area contributed by atoms with Gasteiger partial charge in [0.1, 0.15) is 0 Å². The van der Waals surface area contributed by atoms with E-state index in [1.807, 2.05) is 23.1 Å². The van der Waals surface area contributed by atoms with Crippen LogP contribution >= 0.6 is 0 Å². The quantitative estimate of drug-likeness (QED) is 0.529. The third-order valence-corrected chi connectivity index (χ3v) is 5.44.